The number of carbonyl (C=O) groups excluding carboxylic acids is 1. The molecule has 1 aromatic rings. The standard InChI is InChI=1S/C9H8F3NOS/c1-2-6(14)13-5-3-4(10)9(15)8(12)7(5)11/h3,15H,2H2,1H3,(H,13,14). The van der Waals surface area contributed by atoms with Gasteiger partial charge in [0, 0.05) is 12.5 Å². The molecular formula is C9H8F3NOS. The molecule has 0 aliphatic heterocycles. The fourth-order valence-electron chi connectivity index (χ4n) is 0.915. The van der Waals surface area contributed by atoms with E-state index in [0.717, 1.165) is 0 Å². The van der Waals surface area contributed by atoms with Crippen LogP contribution in [-0.4, -0.2) is 5.91 Å². The van der Waals surface area contributed by atoms with Crippen LogP contribution in [0.2, 0.25) is 0 Å². The SMILES string of the molecule is CCC(=O)Nc1cc(F)c(S)c(F)c1F. The highest BCUT2D eigenvalue weighted by atomic mass is 32.1. The van der Waals surface area contributed by atoms with Crippen molar-refractivity contribution in [1.29, 1.82) is 0 Å². The summed E-state index contributed by atoms with van der Waals surface area (Å²) < 4.78 is 39.0. The lowest BCUT2D eigenvalue weighted by atomic mass is 10.2. The van der Waals surface area contributed by atoms with Crippen molar-refractivity contribution in [3.05, 3.63) is 23.5 Å². The second-order valence-corrected chi connectivity index (χ2v) is 3.23. The maximum atomic E-state index is 13.1. The van der Waals surface area contributed by atoms with Gasteiger partial charge in [0.2, 0.25) is 5.91 Å². The van der Waals surface area contributed by atoms with E-state index in [1.54, 1.807) is 0 Å². The molecule has 0 aliphatic rings. The Bertz CT molecular complexity index is 409. The van der Waals surface area contributed by atoms with Crippen LogP contribution in [0, 0.1) is 17.5 Å². The number of carbonyl (C=O) groups is 1. The Kier molecular flexibility index (Phi) is 3.62. The van der Waals surface area contributed by atoms with E-state index in [4.69, 9.17) is 0 Å². The molecule has 0 saturated carbocycles. The largest absolute Gasteiger partial charge is 0.323 e. The molecule has 0 saturated heterocycles. The van der Waals surface area contributed by atoms with E-state index in [1.165, 1.54) is 6.92 Å². The van der Waals surface area contributed by atoms with Gasteiger partial charge in [0.15, 0.2) is 11.6 Å². The number of nitrogens with one attached hydrogen (secondary N) is 1. The van der Waals surface area contributed by atoms with Crippen molar-refractivity contribution in [3.8, 4) is 0 Å². The van der Waals surface area contributed by atoms with Gasteiger partial charge in [-0.2, -0.15) is 0 Å². The lowest BCUT2D eigenvalue weighted by Crippen LogP contribution is -2.12. The fourth-order valence-corrected chi connectivity index (χ4v) is 1.08. The fraction of sp³-hybridized carbons (Fsp3) is 0.222. The number of hydrogen-bond donors (Lipinski definition) is 2. The highest BCUT2D eigenvalue weighted by molar-refractivity contribution is 7.80. The van der Waals surface area contributed by atoms with E-state index in [-0.39, 0.29) is 6.42 Å². The van der Waals surface area contributed by atoms with Gasteiger partial charge in [0.05, 0.1) is 10.6 Å². The molecule has 1 aromatic carbocycles. The van der Waals surface area contributed by atoms with Crippen molar-refractivity contribution in [2.24, 2.45) is 0 Å². The second kappa shape index (κ2) is 4.57. The van der Waals surface area contributed by atoms with Gasteiger partial charge >= 0.3 is 0 Å². The summed E-state index contributed by atoms with van der Waals surface area (Å²) in [7, 11) is 0. The summed E-state index contributed by atoms with van der Waals surface area (Å²) in [6, 6.07) is 0.689. The number of amides is 1. The predicted octanol–water partition coefficient (Wildman–Crippen LogP) is 2.74. The van der Waals surface area contributed by atoms with E-state index in [0.29, 0.717) is 6.07 Å². The molecule has 0 atom stereocenters. The van der Waals surface area contributed by atoms with Gasteiger partial charge in [-0.1, -0.05) is 6.92 Å². The third-order valence-corrected chi connectivity index (χ3v) is 2.14. The highest BCUT2D eigenvalue weighted by Gasteiger charge is 2.17. The molecular weight excluding hydrogens is 227 g/mol. The minimum Gasteiger partial charge on any atom is -0.323 e. The van der Waals surface area contributed by atoms with Crippen LogP contribution in [0.25, 0.3) is 0 Å². The molecule has 1 amide bonds. The van der Waals surface area contributed by atoms with Gasteiger partial charge in [-0.05, 0) is 0 Å². The first-order valence-corrected chi connectivity index (χ1v) is 4.58. The van der Waals surface area contributed by atoms with Crippen LogP contribution < -0.4 is 5.32 Å². The Labute approximate surface area is 89.9 Å². The summed E-state index contributed by atoms with van der Waals surface area (Å²) in [5, 5.41) is 2.04. The van der Waals surface area contributed by atoms with E-state index in [9.17, 15) is 18.0 Å². The molecule has 0 heterocycles. The van der Waals surface area contributed by atoms with Gasteiger partial charge in [-0.15, -0.1) is 12.6 Å². The first kappa shape index (κ1) is 11.9. The van der Waals surface area contributed by atoms with Crippen LogP contribution >= 0.6 is 12.6 Å². The highest BCUT2D eigenvalue weighted by Crippen LogP contribution is 2.26. The van der Waals surface area contributed by atoms with Gasteiger partial charge in [-0.3, -0.25) is 4.79 Å². The molecule has 1 N–H and O–H groups in total. The third-order valence-electron chi connectivity index (χ3n) is 1.73. The molecule has 0 radical (unpaired) electrons. The van der Waals surface area contributed by atoms with E-state index in [1.807, 2.05) is 5.32 Å². The van der Waals surface area contributed by atoms with Crippen molar-refractivity contribution in [3.63, 3.8) is 0 Å². The number of rotatable bonds is 2. The average Bonchev–Trinajstić information content (AvgIpc) is 2.22. The summed E-state index contributed by atoms with van der Waals surface area (Å²) in [5.41, 5.74) is -0.519. The summed E-state index contributed by atoms with van der Waals surface area (Å²) in [6.07, 6.45) is 0.0886. The quantitative estimate of drug-likeness (QED) is 0.599. The van der Waals surface area contributed by atoms with Crippen molar-refractivity contribution in [2.45, 2.75) is 18.2 Å². The number of benzene rings is 1. The molecule has 0 fully saturated rings. The normalized spacial score (nSPS) is 10.2. The molecule has 1 rings (SSSR count). The van der Waals surface area contributed by atoms with Crippen LogP contribution in [0.15, 0.2) is 11.0 Å². The molecule has 82 valence electrons. The Balaban J connectivity index is 3.15. The Morgan fingerprint density at radius 3 is 2.53 bits per heavy atom. The number of halogens is 3. The average molecular weight is 235 g/mol. The van der Waals surface area contributed by atoms with Crippen molar-refractivity contribution in [1.82, 2.24) is 0 Å². The summed E-state index contributed by atoms with van der Waals surface area (Å²) >= 11 is 3.44. The van der Waals surface area contributed by atoms with Crippen LogP contribution in [0.3, 0.4) is 0 Å². The van der Waals surface area contributed by atoms with Crippen LogP contribution in [0.5, 0.6) is 0 Å². The van der Waals surface area contributed by atoms with Crippen molar-refractivity contribution < 1.29 is 18.0 Å². The topological polar surface area (TPSA) is 29.1 Å². The second-order valence-electron chi connectivity index (χ2n) is 2.78. The predicted molar refractivity (Wildman–Crippen MR) is 52.5 cm³/mol. The number of thiol groups is 1. The number of hydrogen-bond acceptors (Lipinski definition) is 2. The maximum Gasteiger partial charge on any atom is 0.224 e. The lowest BCUT2D eigenvalue weighted by molar-refractivity contribution is -0.115. The molecule has 2 nitrogen and oxygen atoms in total. The zero-order valence-electron chi connectivity index (χ0n) is 7.77. The van der Waals surface area contributed by atoms with Crippen LogP contribution in [0.4, 0.5) is 18.9 Å². The Morgan fingerprint density at radius 1 is 1.40 bits per heavy atom. The minimum atomic E-state index is -1.41. The summed E-state index contributed by atoms with van der Waals surface area (Å²) in [5.74, 6) is -4.28. The van der Waals surface area contributed by atoms with Crippen molar-refractivity contribution >= 4 is 24.2 Å². The zero-order valence-corrected chi connectivity index (χ0v) is 8.67. The molecule has 6 heteroatoms. The maximum absolute atomic E-state index is 13.1. The van der Waals surface area contributed by atoms with Gasteiger partial charge in [-0.25, -0.2) is 13.2 Å². The summed E-state index contributed by atoms with van der Waals surface area (Å²) in [4.78, 5) is 10.2. The first-order chi connectivity index (χ1) is 6.97. The third kappa shape index (κ3) is 2.44. The minimum absolute atomic E-state index is 0.0886. The zero-order chi connectivity index (χ0) is 11.6. The smallest absolute Gasteiger partial charge is 0.224 e. The van der Waals surface area contributed by atoms with E-state index in [2.05, 4.69) is 12.6 Å². The Morgan fingerprint density at radius 2 is 2.00 bits per heavy atom. The van der Waals surface area contributed by atoms with Crippen LogP contribution in [-0.2, 0) is 4.79 Å². The van der Waals surface area contributed by atoms with Gasteiger partial charge in [0.1, 0.15) is 5.82 Å². The monoisotopic (exact) mass is 235 g/mol. The van der Waals surface area contributed by atoms with E-state index >= 15 is 0 Å². The first-order valence-electron chi connectivity index (χ1n) is 4.13. The van der Waals surface area contributed by atoms with Gasteiger partial charge in [0.25, 0.3) is 0 Å². The Hall–Kier alpha value is -1.17. The molecule has 15 heavy (non-hydrogen) atoms. The van der Waals surface area contributed by atoms with Crippen molar-refractivity contribution in [2.75, 3.05) is 5.32 Å². The molecule has 0 bridgehead atoms. The summed E-state index contributed by atoms with van der Waals surface area (Å²) in [6.45, 7) is 1.53. The molecule has 0 aliphatic carbocycles. The van der Waals surface area contributed by atoms with Gasteiger partial charge < -0.3 is 5.32 Å². The molecule has 0 aromatic heterocycles. The molecule has 0 spiro atoms. The molecule has 0 unspecified atom stereocenters. The van der Waals surface area contributed by atoms with Crippen LogP contribution in [0.1, 0.15) is 13.3 Å². The lowest BCUT2D eigenvalue weighted by Gasteiger charge is -2.07. The number of anilines is 1. The van der Waals surface area contributed by atoms with E-state index < -0.39 is 33.9 Å².